The molecule has 21 heavy (non-hydrogen) atoms. The minimum atomic E-state index is 0.770. The van der Waals surface area contributed by atoms with Crippen molar-refractivity contribution in [3.63, 3.8) is 0 Å². The summed E-state index contributed by atoms with van der Waals surface area (Å²) in [4.78, 5) is 0. The maximum Gasteiger partial charge on any atom is 0.0225 e. The van der Waals surface area contributed by atoms with Gasteiger partial charge in [0.05, 0.1) is 0 Å². The van der Waals surface area contributed by atoms with Gasteiger partial charge in [0, 0.05) is 10.2 Å². The van der Waals surface area contributed by atoms with E-state index in [0.717, 1.165) is 11.8 Å². The van der Waals surface area contributed by atoms with Crippen molar-refractivity contribution in [3.05, 3.63) is 59.7 Å². The molecule has 107 valence electrons. The maximum atomic E-state index is 3.68. The third kappa shape index (κ3) is 3.46. The Balaban J connectivity index is 1.71. The van der Waals surface area contributed by atoms with Crippen LogP contribution in [0.25, 0.3) is 11.1 Å². The Hall–Kier alpha value is -1.34. The van der Waals surface area contributed by atoms with Crippen LogP contribution in [0.5, 0.6) is 0 Å². The molecule has 1 saturated carbocycles. The fourth-order valence-electron chi connectivity index (χ4n) is 3.39. The van der Waals surface area contributed by atoms with E-state index in [-0.39, 0.29) is 0 Å². The van der Waals surface area contributed by atoms with Gasteiger partial charge in [-0.05, 0) is 48.3 Å². The van der Waals surface area contributed by atoms with Crippen molar-refractivity contribution in [3.8, 4) is 11.1 Å². The van der Waals surface area contributed by atoms with Crippen molar-refractivity contribution in [1.82, 2.24) is 0 Å². The molecule has 0 saturated heterocycles. The molecular formula is C20H23Si. The van der Waals surface area contributed by atoms with Crippen molar-refractivity contribution in [2.75, 3.05) is 0 Å². The van der Waals surface area contributed by atoms with Crippen molar-refractivity contribution in [1.29, 1.82) is 0 Å². The lowest BCUT2D eigenvalue weighted by Gasteiger charge is -2.28. The zero-order chi connectivity index (χ0) is 14.7. The minimum Gasteiger partial charge on any atom is -0.0609 e. The molecule has 1 heteroatoms. The molecule has 0 spiro atoms. The molecule has 3 radical (unpaired) electrons. The lowest BCUT2D eigenvalue weighted by molar-refractivity contribution is 0.348. The summed E-state index contributed by atoms with van der Waals surface area (Å²) in [5.74, 6) is 1.66. The van der Waals surface area contributed by atoms with E-state index in [1.807, 2.05) is 0 Å². The van der Waals surface area contributed by atoms with Gasteiger partial charge in [0.15, 0.2) is 0 Å². The van der Waals surface area contributed by atoms with Gasteiger partial charge in [0.2, 0.25) is 0 Å². The largest absolute Gasteiger partial charge is 0.0609 e. The zero-order valence-corrected chi connectivity index (χ0v) is 13.8. The second kappa shape index (κ2) is 6.61. The number of hydrogen-bond donors (Lipinski definition) is 0. The summed E-state index contributed by atoms with van der Waals surface area (Å²) in [6.07, 6.45) is 5.43. The highest BCUT2D eigenvalue weighted by Gasteiger charge is 2.21. The van der Waals surface area contributed by atoms with Crippen LogP contribution in [0.3, 0.4) is 0 Å². The van der Waals surface area contributed by atoms with Crippen molar-refractivity contribution >= 4 is 10.2 Å². The van der Waals surface area contributed by atoms with Crippen molar-refractivity contribution < 1.29 is 0 Å². The molecule has 0 aromatic heterocycles. The molecular weight excluding hydrogens is 268 g/mol. The fraction of sp³-hybridized carbons (Fsp3) is 0.400. The van der Waals surface area contributed by atoms with Crippen molar-refractivity contribution in [2.24, 2.45) is 5.92 Å². The first-order chi connectivity index (χ1) is 10.3. The summed E-state index contributed by atoms with van der Waals surface area (Å²) >= 11 is 0. The van der Waals surface area contributed by atoms with E-state index < -0.39 is 0 Å². The monoisotopic (exact) mass is 291 g/mol. The maximum absolute atomic E-state index is 3.68. The second-order valence-electron chi connectivity index (χ2n) is 6.41. The third-order valence-electron chi connectivity index (χ3n) is 4.90. The fourth-order valence-corrected chi connectivity index (χ4v) is 3.80. The molecule has 0 N–H and O–H groups in total. The quantitative estimate of drug-likeness (QED) is 0.653. The summed E-state index contributed by atoms with van der Waals surface area (Å²) in [7, 11) is 3.68. The number of aryl methyl sites for hydroxylation is 1. The molecule has 0 nitrogen and oxygen atoms in total. The molecule has 1 aliphatic carbocycles. The Morgan fingerprint density at radius 2 is 1.33 bits per heavy atom. The molecule has 0 atom stereocenters. The van der Waals surface area contributed by atoms with Gasteiger partial charge in [0.25, 0.3) is 0 Å². The average Bonchev–Trinajstić information content (AvgIpc) is 2.56. The van der Waals surface area contributed by atoms with Gasteiger partial charge < -0.3 is 0 Å². The second-order valence-corrected chi connectivity index (χ2v) is 6.82. The Bertz CT molecular complexity index is 560. The SMILES string of the molecule is Cc1ccc(-c2ccc(C3CCC(C[Si])CC3)cc2)cc1. The molecule has 3 rings (SSSR count). The van der Waals surface area contributed by atoms with Crippen LogP contribution in [0.4, 0.5) is 0 Å². The van der Waals surface area contributed by atoms with E-state index in [1.54, 1.807) is 0 Å². The summed E-state index contributed by atoms with van der Waals surface area (Å²) < 4.78 is 0. The van der Waals surface area contributed by atoms with E-state index in [2.05, 4.69) is 65.7 Å². The van der Waals surface area contributed by atoms with Gasteiger partial charge in [-0.2, -0.15) is 0 Å². The Labute approximate surface area is 132 Å². The van der Waals surface area contributed by atoms with E-state index in [1.165, 1.54) is 54.0 Å². The number of rotatable bonds is 3. The van der Waals surface area contributed by atoms with E-state index in [4.69, 9.17) is 0 Å². The van der Waals surface area contributed by atoms with Crippen LogP contribution in [0, 0.1) is 12.8 Å². The predicted octanol–water partition coefficient (Wildman–Crippen LogP) is 5.52. The molecule has 0 bridgehead atoms. The molecule has 2 aromatic rings. The van der Waals surface area contributed by atoms with Crippen LogP contribution >= 0.6 is 0 Å². The van der Waals surface area contributed by atoms with Gasteiger partial charge >= 0.3 is 0 Å². The lowest BCUT2D eigenvalue weighted by atomic mass is 9.79. The van der Waals surface area contributed by atoms with Crippen LogP contribution in [-0.2, 0) is 0 Å². The van der Waals surface area contributed by atoms with Crippen LogP contribution in [-0.4, -0.2) is 10.2 Å². The van der Waals surface area contributed by atoms with Crippen LogP contribution in [0.1, 0.15) is 42.7 Å². The predicted molar refractivity (Wildman–Crippen MR) is 91.9 cm³/mol. The van der Waals surface area contributed by atoms with Gasteiger partial charge in [0.1, 0.15) is 0 Å². The van der Waals surface area contributed by atoms with E-state index >= 15 is 0 Å². The van der Waals surface area contributed by atoms with E-state index in [9.17, 15) is 0 Å². The first-order valence-corrected chi connectivity index (χ1v) is 8.78. The van der Waals surface area contributed by atoms with Crippen molar-refractivity contribution in [2.45, 2.75) is 44.6 Å². The molecule has 0 unspecified atom stereocenters. The minimum absolute atomic E-state index is 0.770. The third-order valence-corrected chi connectivity index (χ3v) is 5.48. The average molecular weight is 291 g/mol. The molecule has 2 aromatic carbocycles. The summed E-state index contributed by atoms with van der Waals surface area (Å²) in [5, 5.41) is 0. The van der Waals surface area contributed by atoms with Crippen LogP contribution in [0.2, 0.25) is 6.04 Å². The van der Waals surface area contributed by atoms with Gasteiger partial charge in [-0.25, -0.2) is 0 Å². The lowest BCUT2D eigenvalue weighted by Crippen LogP contribution is -2.12. The van der Waals surface area contributed by atoms with E-state index in [0.29, 0.717) is 0 Å². The molecule has 0 aliphatic heterocycles. The summed E-state index contributed by atoms with van der Waals surface area (Å²) in [5.41, 5.74) is 5.49. The molecule has 1 fully saturated rings. The highest BCUT2D eigenvalue weighted by molar-refractivity contribution is 6.08. The zero-order valence-electron chi connectivity index (χ0n) is 12.8. The van der Waals surface area contributed by atoms with Crippen LogP contribution in [0.15, 0.2) is 48.5 Å². The highest BCUT2D eigenvalue weighted by atomic mass is 28.1. The van der Waals surface area contributed by atoms with Crippen LogP contribution < -0.4 is 0 Å². The number of hydrogen-bond acceptors (Lipinski definition) is 0. The van der Waals surface area contributed by atoms with Gasteiger partial charge in [-0.15, -0.1) is 0 Å². The highest BCUT2D eigenvalue weighted by Crippen LogP contribution is 2.37. The standard InChI is InChI=1S/C20H23Si/c1-15-2-6-17(7-3-15)19-10-12-20(13-11-19)18-8-4-16(14-21)5-9-18/h2-3,6-7,10-13,16,18H,4-5,8-9,14H2,1H3. The smallest absolute Gasteiger partial charge is 0.0225 e. The topological polar surface area (TPSA) is 0 Å². The Morgan fingerprint density at radius 3 is 1.86 bits per heavy atom. The Morgan fingerprint density at radius 1 is 0.810 bits per heavy atom. The number of benzene rings is 2. The molecule has 0 amide bonds. The van der Waals surface area contributed by atoms with Gasteiger partial charge in [-0.3, -0.25) is 0 Å². The normalized spacial score (nSPS) is 22.2. The summed E-state index contributed by atoms with van der Waals surface area (Å²) in [6.45, 7) is 2.13. The molecule has 0 heterocycles. The first kappa shape index (κ1) is 14.6. The van der Waals surface area contributed by atoms with Gasteiger partial charge in [-0.1, -0.05) is 73.0 Å². The molecule has 1 aliphatic rings. The Kier molecular flexibility index (Phi) is 4.59. The first-order valence-electron chi connectivity index (χ1n) is 8.08. The summed E-state index contributed by atoms with van der Waals surface area (Å²) in [6, 6.07) is 19.2.